The Bertz CT molecular complexity index is 560. The van der Waals surface area contributed by atoms with Crippen molar-refractivity contribution >= 4 is 46.7 Å². The lowest BCUT2D eigenvalue weighted by Gasteiger charge is -2.11. The van der Waals surface area contributed by atoms with Crippen LogP contribution in [-0.2, 0) is 14.3 Å². The summed E-state index contributed by atoms with van der Waals surface area (Å²) in [5.74, 6) is -0.701. The van der Waals surface area contributed by atoms with Crippen LogP contribution in [0.4, 0.5) is 0 Å². The maximum atomic E-state index is 11.8. The fourth-order valence-corrected chi connectivity index (χ4v) is 3.31. The average Bonchev–Trinajstić information content (AvgIpc) is 2.95. The van der Waals surface area contributed by atoms with E-state index in [1.807, 2.05) is 0 Å². The monoisotopic (exact) mass is 378 g/mol. The highest BCUT2D eigenvalue weighted by atomic mass is 35.5. The van der Waals surface area contributed by atoms with Crippen molar-refractivity contribution in [2.75, 3.05) is 0 Å². The molecular weight excluding hydrogens is 363 g/mol. The van der Waals surface area contributed by atoms with Crippen LogP contribution in [0.1, 0.15) is 44.9 Å². The standard InChI is InChI=1S/C16H17Cl3O4/c17-10-8-12(18)16(13(19)9-10)23-15(21)7-3-6-14(20)22-11-4-1-2-5-11/h8-9,11H,1-7H2. The van der Waals surface area contributed by atoms with E-state index in [1.165, 1.54) is 12.1 Å². The summed E-state index contributed by atoms with van der Waals surface area (Å²) in [7, 11) is 0. The molecule has 0 saturated heterocycles. The van der Waals surface area contributed by atoms with Gasteiger partial charge in [-0.3, -0.25) is 9.59 Å². The lowest BCUT2D eigenvalue weighted by molar-refractivity contribution is -0.148. The van der Waals surface area contributed by atoms with Crippen molar-refractivity contribution in [1.29, 1.82) is 0 Å². The molecule has 2 rings (SSSR count). The topological polar surface area (TPSA) is 52.6 Å². The molecule has 7 heteroatoms. The predicted molar refractivity (Wildman–Crippen MR) is 89.3 cm³/mol. The number of esters is 2. The molecule has 0 aliphatic heterocycles. The minimum Gasteiger partial charge on any atom is -0.462 e. The molecular formula is C16H17Cl3O4. The molecule has 1 fully saturated rings. The number of benzene rings is 1. The molecule has 1 saturated carbocycles. The second-order valence-electron chi connectivity index (χ2n) is 5.42. The number of hydrogen-bond acceptors (Lipinski definition) is 4. The van der Waals surface area contributed by atoms with Crippen molar-refractivity contribution in [3.8, 4) is 5.75 Å². The quantitative estimate of drug-likeness (QED) is 0.503. The van der Waals surface area contributed by atoms with E-state index < -0.39 is 5.97 Å². The van der Waals surface area contributed by atoms with Crippen molar-refractivity contribution in [2.24, 2.45) is 0 Å². The van der Waals surface area contributed by atoms with Crippen LogP contribution in [0.5, 0.6) is 5.75 Å². The van der Waals surface area contributed by atoms with Crippen LogP contribution in [0, 0.1) is 0 Å². The molecule has 0 amide bonds. The van der Waals surface area contributed by atoms with Gasteiger partial charge in [0.05, 0.1) is 10.0 Å². The maximum Gasteiger partial charge on any atom is 0.311 e. The molecule has 0 unspecified atom stereocenters. The molecule has 0 atom stereocenters. The number of hydrogen-bond donors (Lipinski definition) is 0. The first-order valence-electron chi connectivity index (χ1n) is 7.50. The Balaban J connectivity index is 1.74. The third-order valence-corrected chi connectivity index (χ3v) is 4.32. The molecule has 0 radical (unpaired) electrons. The Hall–Kier alpha value is -0.970. The molecule has 4 nitrogen and oxygen atoms in total. The summed E-state index contributed by atoms with van der Waals surface area (Å²) in [6.45, 7) is 0. The molecule has 0 spiro atoms. The van der Waals surface area contributed by atoms with E-state index in [4.69, 9.17) is 44.3 Å². The maximum absolute atomic E-state index is 11.8. The number of carbonyl (C=O) groups is 2. The highest BCUT2D eigenvalue weighted by Crippen LogP contribution is 2.36. The van der Waals surface area contributed by atoms with E-state index >= 15 is 0 Å². The number of carbonyl (C=O) groups excluding carboxylic acids is 2. The summed E-state index contributed by atoms with van der Waals surface area (Å²) in [4.78, 5) is 23.5. The fourth-order valence-electron chi connectivity index (χ4n) is 2.42. The summed E-state index contributed by atoms with van der Waals surface area (Å²) < 4.78 is 10.4. The summed E-state index contributed by atoms with van der Waals surface area (Å²) in [6.07, 6.45) is 4.74. The van der Waals surface area contributed by atoms with E-state index in [0.717, 1.165) is 25.7 Å². The average molecular weight is 380 g/mol. The molecule has 1 aromatic carbocycles. The lowest BCUT2D eigenvalue weighted by atomic mass is 10.2. The summed E-state index contributed by atoms with van der Waals surface area (Å²) in [5.41, 5.74) is 0. The Morgan fingerprint density at radius 3 is 2.17 bits per heavy atom. The normalized spacial score (nSPS) is 14.7. The molecule has 0 heterocycles. The van der Waals surface area contributed by atoms with Crippen LogP contribution in [0.25, 0.3) is 0 Å². The van der Waals surface area contributed by atoms with Gasteiger partial charge in [-0.25, -0.2) is 0 Å². The molecule has 126 valence electrons. The van der Waals surface area contributed by atoms with Crippen molar-refractivity contribution < 1.29 is 19.1 Å². The van der Waals surface area contributed by atoms with Gasteiger partial charge in [-0.15, -0.1) is 0 Å². The van der Waals surface area contributed by atoms with Crippen LogP contribution in [0.3, 0.4) is 0 Å². The number of halogens is 3. The van der Waals surface area contributed by atoms with E-state index in [9.17, 15) is 9.59 Å². The van der Waals surface area contributed by atoms with Crippen LogP contribution in [0.2, 0.25) is 15.1 Å². The van der Waals surface area contributed by atoms with E-state index in [1.54, 1.807) is 0 Å². The van der Waals surface area contributed by atoms with Gasteiger partial charge in [-0.1, -0.05) is 34.8 Å². The largest absolute Gasteiger partial charge is 0.462 e. The molecule has 1 aromatic rings. The molecule has 0 N–H and O–H groups in total. The van der Waals surface area contributed by atoms with Crippen LogP contribution >= 0.6 is 34.8 Å². The van der Waals surface area contributed by atoms with E-state index in [2.05, 4.69) is 0 Å². The fraction of sp³-hybridized carbons (Fsp3) is 0.500. The van der Waals surface area contributed by atoms with E-state index in [0.29, 0.717) is 11.4 Å². The second kappa shape index (κ2) is 8.76. The second-order valence-corrected chi connectivity index (χ2v) is 6.67. The molecule has 1 aliphatic rings. The van der Waals surface area contributed by atoms with Crippen LogP contribution < -0.4 is 4.74 Å². The van der Waals surface area contributed by atoms with Crippen molar-refractivity contribution in [3.05, 3.63) is 27.2 Å². The molecule has 1 aliphatic carbocycles. The first-order chi connectivity index (χ1) is 11.0. The minimum atomic E-state index is -0.509. The summed E-state index contributed by atoms with van der Waals surface area (Å²) in [6, 6.07) is 2.88. The van der Waals surface area contributed by atoms with Gasteiger partial charge in [0.2, 0.25) is 0 Å². The van der Waals surface area contributed by atoms with E-state index in [-0.39, 0.29) is 40.7 Å². The first kappa shape index (κ1) is 18.4. The highest BCUT2D eigenvalue weighted by Gasteiger charge is 2.19. The predicted octanol–water partition coefficient (Wildman–Crippen LogP) is 5.21. The van der Waals surface area contributed by atoms with Gasteiger partial charge in [0, 0.05) is 17.9 Å². The SMILES string of the molecule is O=C(CCCC(=O)OC1CCCC1)Oc1c(Cl)cc(Cl)cc1Cl. The van der Waals surface area contributed by atoms with Crippen LogP contribution in [-0.4, -0.2) is 18.0 Å². The summed E-state index contributed by atoms with van der Waals surface area (Å²) >= 11 is 17.7. The highest BCUT2D eigenvalue weighted by molar-refractivity contribution is 6.40. The molecule has 23 heavy (non-hydrogen) atoms. The van der Waals surface area contributed by atoms with Crippen LogP contribution in [0.15, 0.2) is 12.1 Å². The van der Waals surface area contributed by atoms with Gasteiger partial charge in [0.1, 0.15) is 6.10 Å². The van der Waals surface area contributed by atoms with Crippen molar-refractivity contribution in [1.82, 2.24) is 0 Å². The third-order valence-electron chi connectivity index (χ3n) is 3.54. The number of ether oxygens (including phenoxy) is 2. The van der Waals surface area contributed by atoms with Gasteiger partial charge >= 0.3 is 11.9 Å². The third kappa shape index (κ3) is 5.87. The number of rotatable bonds is 6. The smallest absolute Gasteiger partial charge is 0.311 e. The molecule has 0 aromatic heterocycles. The van der Waals surface area contributed by atoms with Gasteiger partial charge in [0.25, 0.3) is 0 Å². The lowest BCUT2D eigenvalue weighted by Crippen LogP contribution is -2.15. The van der Waals surface area contributed by atoms with Gasteiger partial charge in [-0.2, -0.15) is 0 Å². The zero-order valence-electron chi connectivity index (χ0n) is 12.4. The Kier molecular flexibility index (Phi) is 7.00. The zero-order valence-corrected chi connectivity index (χ0v) is 14.7. The summed E-state index contributed by atoms with van der Waals surface area (Å²) in [5, 5.41) is 0.683. The van der Waals surface area contributed by atoms with Crippen molar-refractivity contribution in [2.45, 2.75) is 51.0 Å². The Morgan fingerprint density at radius 2 is 1.57 bits per heavy atom. The van der Waals surface area contributed by atoms with Gasteiger partial charge < -0.3 is 9.47 Å². The molecule has 0 bridgehead atoms. The minimum absolute atomic E-state index is 0.0427. The van der Waals surface area contributed by atoms with Gasteiger partial charge in [-0.05, 0) is 44.2 Å². The first-order valence-corrected chi connectivity index (χ1v) is 8.64. The Morgan fingerprint density at radius 1 is 1.00 bits per heavy atom. The van der Waals surface area contributed by atoms with Gasteiger partial charge in [0.15, 0.2) is 5.75 Å². The Labute approximate surface area is 150 Å². The van der Waals surface area contributed by atoms with Crippen molar-refractivity contribution in [3.63, 3.8) is 0 Å². The zero-order chi connectivity index (χ0) is 16.8.